The van der Waals surface area contributed by atoms with Crippen molar-refractivity contribution in [3.05, 3.63) is 90.0 Å². The normalized spacial score (nSPS) is 11.9. The number of amides is 2. The van der Waals surface area contributed by atoms with Crippen LogP contribution in [0.15, 0.2) is 83.8 Å². The summed E-state index contributed by atoms with van der Waals surface area (Å²) in [6.45, 7) is 3.41. The van der Waals surface area contributed by atoms with Crippen LogP contribution >= 0.6 is 0 Å². The number of hydrogen-bond acceptors (Lipinski definition) is 5. The van der Waals surface area contributed by atoms with Gasteiger partial charge in [-0.05, 0) is 43.2 Å². The lowest BCUT2D eigenvalue weighted by Gasteiger charge is -2.33. The van der Waals surface area contributed by atoms with Crippen molar-refractivity contribution in [2.45, 2.75) is 37.8 Å². The average Bonchev–Trinajstić information content (AvgIpc) is 2.92. The summed E-state index contributed by atoms with van der Waals surface area (Å²) in [5, 5.41) is 2.62. The van der Waals surface area contributed by atoms with E-state index in [4.69, 9.17) is 4.74 Å². The number of rotatable bonds is 11. The van der Waals surface area contributed by atoms with Crippen molar-refractivity contribution < 1.29 is 22.7 Å². The number of carbonyl (C=O) groups excluding carboxylic acids is 2. The van der Waals surface area contributed by atoms with Gasteiger partial charge in [0.2, 0.25) is 11.8 Å². The van der Waals surface area contributed by atoms with Gasteiger partial charge in [-0.3, -0.25) is 13.9 Å². The molecule has 0 heterocycles. The molecule has 0 spiro atoms. The average molecular weight is 524 g/mol. The van der Waals surface area contributed by atoms with E-state index in [0.29, 0.717) is 12.2 Å². The summed E-state index contributed by atoms with van der Waals surface area (Å²) >= 11 is 0. The molecule has 3 aromatic carbocycles. The number of methoxy groups -OCH3 is 1. The molecule has 0 aliphatic rings. The highest BCUT2D eigenvalue weighted by molar-refractivity contribution is 7.92. The highest BCUT2D eigenvalue weighted by atomic mass is 32.2. The Labute approximate surface area is 218 Å². The zero-order valence-corrected chi connectivity index (χ0v) is 22.4. The number of benzene rings is 3. The predicted octanol–water partition coefficient (Wildman–Crippen LogP) is 3.75. The number of hydrogen-bond donors (Lipinski definition) is 1. The zero-order chi connectivity index (χ0) is 27.0. The van der Waals surface area contributed by atoms with E-state index in [-0.39, 0.29) is 23.0 Å². The molecule has 0 radical (unpaired) electrons. The molecule has 0 aliphatic carbocycles. The quantitative estimate of drug-likeness (QED) is 0.413. The Morgan fingerprint density at radius 1 is 0.946 bits per heavy atom. The molecular weight excluding hydrogens is 490 g/mol. The number of sulfonamides is 1. The smallest absolute Gasteiger partial charge is 0.264 e. The van der Waals surface area contributed by atoms with Gasteiger partial charge in [-0.2, -0.15) is 0 Å². The molecule has 37 heavy (non-hydrogen) atoms. The van der Waals surface area contributed by atoms with Crippen molar-refractivity contribution in [2.24, 2.45) is 0 Å². The third-order valence-corrected chi connectivity index (χ3v) is 7.84. The molecule has 2 amide bonds. The predicted molar refractivity (Wildman–Crippen MR) is 144 cm³/mol. The van der Waals surface area contributed by atoms with Gasteiger partial charge in [-0.25, -0.2) is 8.42 Å². The SMILES string of the molecule is CCC(C(=O)NC)N(Cc1ccc(C)cc1)C(=O)CN(c1ccccc1OC)S(=O)(=O)c1ccccc1. The zero-order valence-electron chi connectivity index (χ0n) is 21.5. The van der Waals surface area contributed by atoms with E-state index in [0.717, 1.165) is 15.4 Å². The van der Waals surface area contributed by atoms with Crippen molar-refractivity contribution in [1.29, 1.82) is 0 Å². The first kappa shape index (κ1) is 27.7. The Hall–Kier alpha value is -3.85. The largest absolute Gasteiger partial charge is 0.495 e. The second-order valence-corrected chi connectivity index (χ2v) is 10.4. The monoisotopic (exact) mass is 523 g/mol. The fraction of sp³-hybridized carbons (Fsp3) is 0.286. The number of ether oxygens (including phenoxy) is 1. The minimum Gasteiger partial charge on any atom is -0.495 e. The van der Waals surface area contributed by atoms with Gasteiger partial charge in [0, 0.05) is 13.6 Å². The first-order chi connectivity index (χ1) is 17.7. The van der Waals surface area contributed by atoms with Gasteiger partial charge in [-0.15, -0.1) is 0 Å². The Morgan fingerprint density at radius 2 is 1.57 bits per heavy atom. The van der Waals surface area contributed by atoms with Crippen LogP contribution < -0.4 is 14.4 Å². The summed E-state index contributed by atoms with van der Waals surface area (Å²) in [5.41, 5.74) is 2.12. The molecule has 196 valence electrons. The molecule has 0 aliphatic heterocycles. The number of anilines is 1. The number of nitrogens with zero attached hydrogens (tertiary/aromatic N) is 2. The molecule has 8 nitrogen and oxygen atoms in total. The molecular formula is C28H33N3O5S. The number of para-hydroxylation sites is 2. The standard InChI is InChI=1S/C28H33N3O5S/c1-5-24(28(33)29-3)30(19-22-17-15-21(2)16-18-22)27(32)20-31(25-13-9-10-14-26(25)36-4)37(34,35)23-11-7-6-8-12-23/h6-18,24H,5,19-20H2,1-4H3,(H,29,33). The summed E-state index contributed by atoms with van der Waals surface area (Å²) in [6, 6.07) is 21.4. The molecule has 0 aromatic heterocycles. The maximum atomic E-state index is 13.9. The highest BCUT2D eigenvalue weighted by Crippen LogP contribution is 2.32. The maximum Gasteiger partial charge on any atom is 0.264 e. The van der Waals surface area contributed by atoms with E-state index in [1.807, 2.05) is 38.1 Å². The van der Waals surface area contributed by atoms with Crippen molar-refractivity contribution in [1.82, 2.24) is 10.2 Å². The molecule has 9 heteroatoms. The fourth-order valence-electron chi connectivity index (χ4n) is 4.05. The molecule has 3 aromatic rings. The van der Waals surface area contributed by atoms with Crippen LogP contribution in [-0.2, 0) is 26.2 Å². The van der Waals surface area contributed by atoms with Crippen LogP contribution in [-0.4, -0.2) is 51.9 Å². The van der Waals surface area contributed by atoms with Crippen molar-refractivity contribution in [2.75, 3.05) is 25.0 Å². The molecule has 3 rings (SSSR count). The Bertz CT molecular complexity index is 1310. The second kappa shape index (κ2) is 12.4. The number of carbonyl (C=O) groups is 2. The van der Waals surface area contributed by atoms with E-state index in [9.17, 15) is 18.0 Å². The van der Waals surface area contributed by atoms with Gasteiger partial charge >= 0.3 is 0 Å². The topological polar surface area (TPSA) is 96.0 Å². The van der Waals surface area contributed by atoms with E-state index < -0.39 is 28.5 Å². The van der Waals surface area contributed by atoms with E-state index in [1.165, 1.54) is 31.2 Å². The summed E-state index contributed by atoms with van der Waals surface area (Å²) in [7, 11) is -1.19. The Morgan fingerprint density at radius 3 is 2.16 bits per heavy atom. The molecule has 1 atom stereocenters. The van der Waals surface area contributed by atoms with Gasteiger partial charge in [0.15, 0.2) is 0 Å². The minimum absolute atomic E-state index is 0.0390. The molecule has 1 unspecified atom stereocenters. The molecule has 0 fully saturated rings. The summed E-state index contributed by atoms with van der Waals surface area (Å²) in [4.78, 5) is 28.1. The van der Waals surface area contributed by atoms with E-state index in [1.54, 1.807) is 42.5 Å². The van der Waals surface area contributed by atoms with Crippen molar-refractivity contribution in [3.63, 3.8) is 0 Å². The van der Waals surface area contributed by atoms with Gasteiger partial charge in [-0.1, -0.05) is 67.1 Å². The molecule has 1 N–H and O–H groups in total. The number of likely N-dealkylation sites (N-methyl/N-ethyl adjacent to an activating group) is 1. The second-order valence-electron chi connectivity index (χ2n) is 8.54. The van der Waals surface area contributed by atoms with Gasteiger partial charge in [0.1, 0.15) is 18.3 Å². The maximum absolute atomic E-state index is 13.9. The Balaban J connectivity index is 2.08. The van der Waals surface area contributed by atoms with Crippen molar-refractivity contribution in [3.8, 4) is 5.75 Å². The fourth-order valence-corrected chi connectivity index (χ4v) is 5.49. The van der Waals surface area contributed by atoms with Gasteiger partial charge in [0.05, 0.1) is 17.7 Å². The molecule has 0 saturated carbocycles. The van der Waals surface area contributed by atoms with E-state index >= 15 is 0 Å². The molecule has 0 bridgehead atoms. The van der Waals surface area contributed by atoms with Crippen LogP contribution in [0.5, 0.6) is 5.75 Å². The summed E-state index contributed by atoms with van der Waals surface area (Å²) in [5.74, 6) is -0.530. The first-order valence-corrected chi connectivity index (χ1v) is 13.4. The number of nitrogens with one attached hydrogen (secondary N) is 1. The highest BCUT2D eigenvalue weighted by Gasteiger charge is 2.34. The summed E-state index contributed by atoms with van der Waals surface area (Å²) < 4.78 is 34.1. The van der Waals surface area contributed by atoms with Crippen molar-refractivity contribution >= 4 is 27.5 Å². The lowest BCUT2D eigenvalue weighted by molar-refractivity contribution is -0.140. The van der Waals surface area contributed by atoms with Crippen LogP contribution in [0.3, 0.4) is 0 Å². The van der Waals surface area contributed by atoms with Crippen LogP contribution in [0.25, 0.3) is 0 Å². The van der Waals surface area contributed by atoms with Gasteiger partial charge < -0.3 is 15.0 Å². The number of aryl methyl sites for hydroxylation is 1. The first-order valence-electron chi connectivity index (χ1n) is 12.0. The molecule has 0 saturated heterocycles. The minimum atomic E-state index is -4.15. The Kier molecular flexibility index (Phi) is 9.30. The lowest BCUT2D eigenvalue weighted by Crippen LogP contribution is -2.51. The van der Waals surface area contributed by atoms with Crippen LogP contribution in [0.1, 0.15) is 24.5 Å². The third-order valence-electron chi connectivity index (χ3n) is 6.07. The lowest BCUT2D eigenvalue weighted by atomic mass is 10.1. The summed E-state index contributed by atoms with van der Waals surface area (Å²) in [6.07, 6.45) is 0.359. The van der Waals surface area contributed by atoms with Gasteiger partial charge in [0.25, 0.3) is 10.0 Å². The van der Waals surface area contributed by atoms with E-state index in [2.05, 4.69) is 5.32 Å². The van der Waals surface area contributed by atoms with Crippen LogP contribution in [0.4, 0.5) is 5.69 Å². The van der Waals surface area contributed by atoms with Crippen LogP contribution in [0, 0.1) is 6.92 Å². The third kappa shape index (κ3) is 6.48. The van der Waals surface area contributed by atoms with Crippen LogP contribution in [0.2, 0.25) is 0 Å².